The molecule has 0 bridgehead atoms. The van der Waals surface area contributed by atoms with Crippen molar-refractivity contribution in [3.8, 4) is 0 Å². The largest absolute Gasteiger partial charge is 0.351 e. The molecule has 2 nitrogen and oxygen atoms in total. The lowest BCUT2D eigenvalue weighted by Gasteiger charge is -1.99. The summed E-state index contributed by atoms with van der Waals surface area (Å²) in [7, 11) is 0. The molecule has 0 unspecified atom stereocenters. The number of rotatable bonds is 3. The van der Waals surface area contributed by atoms with E-state index in [0.29, 0.717) is 13.0 Å². The lowest BCUT2D eigenvalue weighted by molar-refractivity contribution is -0.120. The average Bonchev–Trinajstić information content (AvgIpc) is 2.47. The van der Waals surface area contributed by atoms with E-state index in [0.717, 1.165) is 0 Å². The number of nitrogens with one attached hydrogen (secondary N) is 1. The molecule has 12 heavy (non-hydrogen) atoms. The molecule has 0 saturated heterocycles. The van der Waals surface area contributed by atoms with Gasteiger partial charge in [-0.2, -0.15) is 0 Å². The monoisotopic (exact) mass is 183 g/mol. The number of carbonyl (C=O) groups is 1. The van der Waals surface area contributed by atoms with E-state index in [1.165, 1.54) is 10.4 Å². The first-order valence-electron chi connectivity index (χ1n) is 4.03. The molecule has 66 valence electrons. The molecule has 1 aromatic rings. The third kappa shape index (κ3) is 2.66. The van der Waals surface area contributed by atoms with Gasteiger partial charge in [-0.05, 0) is 23.9 Å². The van der Waals surface area contributed by atoms with Crippen LogP contribution in [0.2, 0.25) is 0 Å². The first-order valence-corrected chi connectivity index (χ1v) is 4.91. The molecule has 0 aliphatic heterocycles. The van der Waals surface area contributed by atoms with Crippen molar-refractivity contribution in [3.63, 3.8) is 0 Å². The molecule has 0 atom stereocenters. The van der Waals surface area contributed by atoms with E-state index >= 15 is 0 Å². The Hall–Kier alpha value is -0.830. The van der Waals surface area contributed by atoms with Crippen LogP contribution >= 0.6 is 11.3 Å². The predicted molar refractivity (Wildman–Crippen MR) is 51.2 cm³/mol. The number of hydrogen-bond donors (Lipinski definition) is 1. The fourth-order valence-corrected chi connectivity index (χ4v) is 1.71. The molecule has 1 aromatic heterocycles. The van der Waals surface area contributed by atoms with Crippen LogP contribution in [0.25, 0.3) is 0 Å². The van der Waals surface area contributed by atoms with E-state index in [9.17, 15) is 4.79 Å². The summed E-state index contributed by atoms with van der Waals surface area (Å²) in [6, 6.07) is 2.10. The Bertz CT molecular complexity index is 267. The Kier molecular flexibility index (Phi) is 3.29. The van der Waals surface area contributed by atoms with Crippen LogP contribution < -0.4 is 5.32 Å². The highest BCUT2D eigenvalue weighted by Gasteiger charge is 1.98. The average molecular weight is 183 g/mol. The quantitative estimate of drug-likeness (QED) is 0.763. The van der Waals surface area contributed by atoms with Gasteiger partial charge in [-0.25, -0.2) is 0 Å². The molecule has 3 heteroatoms. The summed E-state index contributed by atoms with van der Waals surface area (Å²) in [6.07, 6.45) is 0.560. The van der Waals surface area contributed by atoms with Crippen molar-refractivity contribution in [1.29, 1.82) is 0 Å². The van der Waals surface area contributed by atoms with Crippen molar-refractivity contribution in [2.45, 2.75) is 26.8 Å². The molecule has 1 N–H and O–H groups in total. The number of hydrogen-bond acceptors (Lipinski definition) is 2. The van der Waals surface area contributed by atoms with E-state index in [4.69, 9.17) is 0 Å². The highest BCUT2D eigenvalue weighted by Crippen LogP contribution is 2.12. The molecule has 0 saturated carbocycles. The van der Waals surface area contributed by atoms with Crippen molar-refractivity contribution in [1.82, 2.24) is 5.32 Å². The maximum atomic E-state index is 10.9. The van der Waals surface area contributed by atoms with Crippen LogP contribution in [0.15, 0.2) is 11.4 Å². The van der Waals surface area contributed by atoms with Gasteiger partial charge in [-0.1, -0.05) is 6.92 Å². The van der Waals surface area contributed by atoms with Gasteiger partial charge in [0.2, 0.25) is 5.91 Å². The standard InChI is InChI=1S/C9H13NOS/c1-3-9(11)10-5-8-4-7(2)6-12-8/h4,6H,3,5H2,1-2H3,(H,10,11). The minimum atomic E-state index is 0.112. The summed E-state index contributed by atoms with van der Waals surface area (Å²) < 4.78 is 0. The lowest BCUT2D eigenvalue weighted by atomic mass is 10.3. The number of amides is 1. The maximum Gasteiger partial charge on any atom is 0.220 e. The van der Waals surface area contributed by atoms with Gasteiger partial charge in [0.05, 0.1) is 6.54 Å². The molecular weight excluding hydrogens is 170 g/mol. The van der Waals surface area contributed by atoms with Gasteiger partial charge in [0.15, 0.2) is 0 Å². The summed E-state index contributed by atoms with van der Waals surface area (Å²) >= 11 is 1.69. The minimum absolute atomic E-state index is 0.112. The van der Waals surface area contributed by atoms with Gasteiger partial charge in [0.1, 0.15) is 0 Å². The lowest BCUT2D eigenvalue weighted by Crippen LogP contribution is -2.20. The molecule has 1 rings (SSSR count). The maximum absolute atomic E-state index is 10.9. The second-order valence-electron chi connectivity index (χ2n) is 2.72. The van der Waals surface area contributed by atoms with Crippen LogP contribution in [-0.4, -0.2) is 5.91 Å². The van der Waals surface area contributed by atoms with E-state index in [-0.39, 0.29) is 5.91 Å². The summed E-state index contributed by atoms with van der Waals surface area (Å²) in [4.78, 5) is 12.1. The van der Waals surface area contributed by atoms with Gasteiger partial charge in [-0.15, -0.1) is 11.3 Å². The third-order valence-corrected chi connectivity index (χ3v) is 2.62. The zero-order chi connectivity index (χ0) is 8.97. The number of carbonyl (C=O) groups excluding carboxylic acids is 1. The molecule has 0 radical (unpaired) electrons. The Morgan fingerprint density at radius 3 is 2.92 bits per heavy atom. The first-order chi connectivity index (χ1) is 5.72. The van der Waals surface area contributed by atoms with Crippen LogP contribution in [0.4, 0.5) is 0 Å². The van der Waals surface area contributed by atoms with Crippen molar-refractivity contribution >= 4 is 17.2 Å². The van der Waals surface area contributed by atoms with Crippen molar-refractivity contribution < 1.29 is 4.79 Å². The van der Waals surface area contributed by atoms with Crippen molar-refractivity contribution in [3.05, 3.63) is 21.9 Å². The van der Waals surface area contributed by atoms with Crippen LogP contribution in [0.1, 0.15) is 23.8 Å². The van der Waals surface area contributed by atoms with Gasteiger partial charge in [0.25, 0.3) is 0 Å². The van der Waals surface area contributed by atoms with E-state index in [1.54, 1.807) is 11.3 Å². The van der Waals surface area contributed by atoms with E-state index in [1.807, 2.05) is 6.92 Å². The third-order valence-electron chi connectivity index (χ3n) is 1.57. The Labute approximate surface area is 76.6 Å². The highest BCUT2D eigenvalue weighted by atomic mass is 32.1. The highest BCUT2D eigenvalue weighted by molar-refractivity contribution is 7.10. The zero-order valence-electron chi connectivity index (χ0n) is 7.39. The first kappa shape index (κ1) is 9.26. The van der Waals surface area contributed by atoms with Crippen LogP contribution in [0.3, 0.4) is 0 Å². The van der Waals surface area contributed by atoms with Gasteiger partial charge >= 0.3 is 0 Å². The molecule has 1 heterocycles. The van der Waals surface area contributed by atoms with E-state index < -0.39 is 0 Å². The van der Waals surface area contributed by atoms with Gasteiger partial charge < -0.3 is 5.32 Å². The van der Waals surface area contributed by atoms with Gasteiger partial charge in [0, 0.05) is 11.3 Å². The Morgan fingerprint density at radius 2 is 2.42 bits per heavy atom. The Morgan fingerprint density at radius 1 is 1.67 bits per heavy atom. The fraction of sp³-hybridized carbons (Fsp3) is 0.444. The zero-order valence-corrected chi connectivity index (χ0v) is 8.20. The molecule has 1 amide bonds. The second kappa shape index (κ2) is 4.26. The summed E-state index contributed by atoms with van der Waals surface area (Å²) in [5.41, 5.74) is 1.26. The summed E-state index contributed by atoms with van der Waals surface area (Å²) in [5.74, 6) is 0.112. The van der Waals surface area contributed by atoms with Gasteiger partial charge in [-0.3, -0.25) is 4.79 Å². The fourth-order valence-electron chi connectivity index (χ4n) is 0.894. The Balaban J connectivity index is 2.38. The molecule has 0 aromatic carbocycles. The number of aryl methyl sites for hydroxylation is 1. The normalized spacial score (nSPS) is 9.83. The molecular formula is C9H13NOS. The smallest absolute Gasteiger partial charge is 0.220 e. The predicted octanol–water partition coefficient (Wildman–Crippen LogP) is 2.08. The molecule has 0 aliphatic rings. The van der Waals surface area contributed by atoms with E-state index in [2.05, 4.69) is 23.7 Å². The molecule has 0 spiro atoms. The number of thiophene rings is 1. The molecule has 0 fully saturated rings. The second-order valence-corrected chi connectivity index (χ2v) is 3.72. The molecule has 0 aliphatic carbocycles. The van der Waals surface area contributed by atoms with Crippen LogP contribution in [0, 0.1) is 6.92 Å². The minimum Gasteiger partial charge on any atom is -0.351 e. The summed E-state index contributed by atoms with van der Waals surface area (Å²) in [5, 5.41) is 4.92. The topological polar surface area (TPSA) is 29.1 Å². The summed E-state index contributed by atoms with van der Waals surface area (Å²) in [6.45, 7) is 4.59. The van der Waals surface area contributed by atoms with Crippen LogP contribution in [-0.2, 0) is 11.3 Å². The SMILES string of the molecule is CCC(=O)NCc1cc(C)cs1. The van der Waals surface area contributed by atoms with Crippen molar-refractivity contribution in [2.24, 2.45) is 0 Å². The van der Waals surface area contributed by atoms with Crippen LogP contribution in [0.5, 0.6) is 0 Å². The van der Waals surface area contributed by atoms with Crippen molar-refractivity contribution in [2.75, 3.05) is 0 Å².